The molecule has 0 fully saturated rings. The first-order valence-electron chi connectivity index (χ1n) is 8.39. The summed E-state index contributed by atoms with van der Waals surface area (Å²) in [6, 6.07) is 6.20. The summed E-state index contributed by atoms with van der Waals surface area (Å²) in [6.45, 7) is 7.67. The minimum Gasteiger partial charge on any atom is -0.381 e. The molecule has 0 N–H and O–H groups in total. The van der Waals surface area contributed by atoms with Gasteiger partial charge in [-0.3, -0.25) is 4.79 Å². The number of rotatable bonds is 11. The van der Waals surface area contributed by atoms with Crippen molar-refractivity contribution in [2.24, 2.45) is 0 Å². The van der Waals surface area contributed by atoms with Gasteiger partial charge in [-0.15, -0.1) is 0 Å². The monoisotopic (exact) mass is 290 g/mol. The molecule has 0 aromatic heterocycles. The van der Waals surface area contributed by atoms with Crippen LogP contribution in [0.1, 0.15) is 73.9 Å². The molecule has 2 heteroatoms. The second-order valence-corrected chi connectivity index (χ2v) is 5.69. The van der Waals surface area contributed by atoms with E-state index in [1.54, 1.807) is 0 Å². The number of ketones is 1. The summed E-state index contributed by atoms with van der Waals surface area (Å²) in [4.78, 5) is 12.4. The Labute approximate surface area is 129 Å². The predicted molar refractivity (Wildman–Crippen MR) is 89.1 cm³/mol. The van der Waals surface area contributed by atoms with Crippen molar-refractivity contribution in [1.82, 2.24) is 0 Å². The maximum atomic E-state index is 12.4. The van der Waals surface area contributed by atoms with E-state index in [4.69, 9.17) is 4.74 Å². The SMILES string of the molecule is CCCCCCCC(=O)c1cc(C)ccc1CCOCC. The average Bonchev–Trinajstić information content (AvgIpc) is 2.48. The number of hydrogen-bond donors (Lipinski definition) is 0. The summed E-state index contributed by atoms with van der Waals surface area (Å²) in [5, 5.41) is 0. The van der Waals surface area contributed by atoms with E-state index in [-0.39, 0.29) is 0 Å². The number of ether oxygens (including phenoxy) is 1. The Kier molecular flexibility index (Phi) is 9.00. The maximum Gasteiger partial charge on any atom is 0.163 e. The Hall–Kier alpha value is -1.15. The van der Waals surface area contributed by atoms with Gasteiger partial charge in [0, 0.05) is 18.6 Å². The lowest BCUT2D eigenvalue weighted by Gasteiger charge is -2.10. The summed E-state index contributed by atoms with van der Waals surface area (Å²) < 4.78 is 5.42. The number of Topliss-reactive ketones (excluding diaryl/α,β-unsaturated/α-hetero) is 1. The molecular formula is C19H30O2. The summed E-state index contributed by atoms with van der Waals surface area (Å²) >= 11 is 0. The van der Waals surface area contributed by atoms with Gasteiger partial charge in [0.1, 0.15) is 0 Å². The van der Waals surface area contributed by atoms with Crippen LogP contribution in [0.5, 0.6) is 0 Å². The molecule has 0 bridgehead atoms. The quantitative estimate of drug-likeness (QED) is 0.418. The average molecular weight is 290 g/mol. The molecule has 0 atom stereocenters. The fourth-order valence-corrected chi connectivity index (χ4v) is 2.52. The van der Waals surface area contributed by atoms with Gasteiger partial charge in [-0.05, 0) is 38.3 Å². The third-order valence-electron chi connectivity index (χ3n) is 3.79. The molecule has 0 aliphatic heterocycles. The van der Waals surface area contributed by atoms with Crippen LogP contribution in [0.25, 0.3) is 0 Å². The molecule has 0 aliphatic carbocycles. The molecule has 1 rings (SSSR count). The van der Waals surface area contributed by atoms with Crippen LogP contribution < -0.4 is 0 Å². The Balaban J connectivity index is 2.57. The summed E-state index contributed by atoms with van der Waals surface area (Å²) in [6.07, 6.45) is 7.44. The number of hydrogen-bond acceptors (Lipinski definition) is 2. The summed E-state index contributed by atoms with van der Waals surface area (Å²) in [5.41, 5.74) is 3.20. The number of aryl methyl sites for hydroxylation is 1. The van der Waals surface area contributed by atoms with Crippen molar-refractivity contribution in [2.75, 3.05) is 13.2 Å². The van der Waals surface area contributed by atoms with Crippen LogP contribution in [0.4, 0.5) is 0 Å². The van der Waals surface area contributed by atoms with Crippen LogP contribution in [-0.2, 0) is 11.2 Å². The molecule has 0 spiro atoms. The van der Waals surface area contributed by atoms with E-state index in [2.05, 4.69) is 19.1 Å². The van der Waals surface area contributed by atoms with E-state index in [1.807, 2.05) is 19.9 Å². The van der Waals surface area contributed by atoms with Crippen LogP contribution in [0.2, 0.25) is 0 Å². The molecule has 0 heterocycles. The van der Waals surface area contributed by atoms with Crippen molar-refractivity contribution in [1.29, 1.82) is 0 Å². The molecule has 0 unspecified atom stereocenters. The van der Waals surface area contributed by atoms with E-state index < -0.39 is 0 Å². The lowest BCUT2D eigenvalue weighted by atomic mass is 9.96. The standard InChI is InChI=1S/C19H30O2/c1-4-6-7-8-9-10-19(20)18-15-16(3)11-12-17(18)13-14-21-5-2/h11-12,15H,4-10,13-14H2,1-3H3. The van der Waals surface area contributed by atoms with Crippen molar-refractivity contribution in [3.05, 3.63) is 34.9 Å². The van der Waals surface area contributed by atoms with E-state index >= 15 is 0 Å². The lowest BCUT2D eigenvalue weighted by molar-refractivity contribution is 0.0977. The van der Waals surface area contributed by atoms with E-state index in [9.17, 15) is 4.79 Å². The minimum atomic E-state index is 0.293. The zero-order valence-electron chi connectivity index (χ0n) is 13.9. The first-order valence-corrected chi connectivity index (χ1v) is 8.39. The van der Waals surface area contributed by atoms with Gasteiger partial charge >= 0.3 is 0 Å². The van der Waals surface area contributed by atoms with Crippen molar-refractivity contribution in [2.45, 2.75) is 65.7 Å². The molecular weight excluding hydrogens is 260 g/mol. The molecule has 0 amide bonds. The van der Waals surface area contributed by atoms with Crippen molar-refractivity contribution in [3.63, 3.8) is 0 Å². The van der Waals surface area contributed by atoms with Crippen LogP contribution in [0.3, 0.4) is 0 Å². The normalized spacial score (nSPS) is 10.8. The third-order valence-corrected chi connectivity index (χ3v) is 3.79. The van der Waals surface area contributed by atoms with Crippen molar-refractivity contribution < 1.29 is 9.53 Å². The molecule has 21 heavy (non-hydrogen) atoms. The predicted octanol–water partition coefficient (Wildman–Crippen LogP) is 5.12. The zero-order chi connectivity index (χ0) is 15.5. The number of carbonyl (C=O) groups is 1. The van der Waals surface area contributed by atoms with Crippen LogP contribution in [0.15, 0.2) is 18.2 Å². The number of carbonyl (C=O) groups excluding carboxylic acids is 1. The van der Waals surface area contributed by atoms with Crippen LogP contribution in [-0.4, -0.2) is 19.0 Å². The van der Waals surface area contributed by atoms with Crippen LogP contribution >= 0.6 is 0 Å². The molecule has 2 nitrogen and oxygen atoms in total. The second-order valence-electron chi connectivity index (χ2n) is 5.69. The Bertz CT molecular complexity index is 424. The zero-order valence-corrected chi connectivity index (χ0v) is 13.9. The van der Waals surface area contributed by atoms with Gasteiger partial charge in [-0.1, -0.05) is 50.3 Å². The van der Waals surface area contributed by atoms with Gasteiger partial charge in [0.25, 0.3) is 0 Å². The van der Waals surface area contributed by atoms with Gasteiger partial charge in [-0.2, -0.15) is 0 Å². The van der Waals surface area contributed by atoms with Gasteiger partial charge in [0.15, 0.2) is 5.78 Å². The first-order chi connectivity index (χ1) is 10.2. The molecule has 1 aromatic rings. The number of benzene rings is 1. The molecule has 118 valence electrons. The Morgan fingerprint density at radius 3 is 2.57 bits per heavy atom. The first kappa shape index (κ1) is 17.9. The highest BCUT2D eigenvalue weighted by Crippen LogP contribution is 2.17. The third kappa shape index (κ3) is 6.90. The molecule has 0 saturated carbocycles. The lowest BCUT2D eigenvalue weighted by Crippen LogP contribution is -2.07. The van der Waals surface area contributed by atoms with E-state index in [0.717, 1.165) is 36.1 Å². The fourth-order valence-electron chi connectivity index (χ4n) is 2.52. The highest BCUT2D eigenvalue weighted by atomic mass is 16.5. The molecule has 0 radical (unpaired) electrons. The van der Waals surface area contributed by atoms with Crippen molar-refractivity contribution in [3.8, 4) is 0 Å². The van der Waals surface area contributed by atoms with Crippen molar-refractivity contribution >= 4 is 5.78 Å². The largest absolute Gasteiger partial charge is 0.381 e. The van der Waals surface area contributed by atoms with Gasteiger partial charge in [0.05, 0.1) is 6.61 Å². The highest BCUT2D eigenvalue weighted by molar-refractivity contribution is 5.97. The van der Waals surface area contributed by atoms with E-state index in [1.165, 1.54) is 25.7 Å². The molecule has 1 aromatic carbocycles. The smallest absolute Gasteiger partial charge is 0.163 e. The second kappa shape index (κ2) is 10.6. The Morgan fingerprint density at radius 1 is 1.10 bits per heavy atom. The topological polar surface area (TPSA) is 26.3 Å². The molecule has 0 aliphatic rings. The van der Waals surface area contributed by atoms with Gasteiger partial charge < -0.3 is 4.74 Å². The fraction of sp³-hybridized carbons (Fsp3) is 0.632. The van der Waals surface area contributed by atoms with E-state index in [0.29, 0.717) is 18.8 Å². The molecule has 0 saturated heterocycles. The van der Waals surface area contributed by atoms with Crippen LogP contribution in [0, 0.1) is 6.92 Å². The maximum absolute atomic E-state index is 12.4. The summed E-state index contributed by atoms with van der Waals surface area (Å²) in [7, 11) is 0. The minimum absolute atomic E-state index is 0.293. The highest BCUT2D eigenvalue weighted by Gasteiger charge is 2.11. The number of unbranched alkanes of at least 4 members (excludes halogenated alkanes) is 4. The van der Waals surface area contributed by atoms with Gasteiger partial charge in [0.2, 0.25) is 0 Å². The van der Waals surface area contributed by atoms with Gasteiger partial charge in [-0.25, -0.2) is 0 Å². The Morgan fingerprint density at radius 2 is 1.86 bits per heavy atom. The summed E-state index contributed by atoms with van der Waals surface area (Å²) in [5.74, 6) is 0.293.